The number of ether oxygens (including phenoxy) is 1. The van der Waals surface area contributed by atoms with Gasteiger partial charge in [-0.1, -0.05) is 0 Å². The summed E-state index contributed by atoms with van der Waals surface area (Å²) in [4.78, 5) is 77.8. The van der Waals surface area contributed by atoms with E-state index < -0.39 is 62.4 Å². The van der Waals surface area contributed by atoms with Gasteiger partial charge in [-0.25, -0.2) is 13.7 Å². The quantitative estimate of drug-likeness (QED) is 0.0733. The van der Waals surface area contributed by atoms with Crippen molar-refractivity contribution in [2.75, 3.05) is 18.9 Å². The number of aromatic nitrogens is 2. The third kappa shape index (κ3) is 11.2. The molecule has 0 aliphatic carbocycles. The van der Waals surface area contributed by atoms with E-state index in [1.807, 2.05) is 0 Å². The summed E-state index contributed by atoms with van der Waals surface area (Å²) >= 11 is 0. The van der Waals surface area contributed by atoms with Gasteiger partial charge in [-0.3, -0.25) is 4.52 Å². The van der Waals surface area contributed by atoms with Crippen LogP contribution in [-0.4, -0.2) is 74.3 Å². The van der Waals surface area contributed by atoms with Crippen LogP contribution >= 0.6 is 31.6 Å². The van der Waals surface area contributed by atoms with Gasteiger partial charge in [-0.2, -0.15) is 8.62 Å². The molecule has 24 heteroatoms. The van der Waals surface area contributed by atoms with E-state index in [9.17, 15) is 28.5 Å². The van der Waals surface area contributed by atoms with Crippen LogP contribution in [0.25, 0.3) is 0 Å². The van der Waals surface area contributed by atoms with Gasteiger partial charge < -0.3 is 19.6 Å². The minimum atomic E-state index is -5.74. The summed E-state index contributed by atoms with van der Waals surface area (Å²) in [5.74, 6) is 4.80. The minimum absolute atomic E-state index is 0.0231. The fourth-order valence-corrected chi connectivity index (χ4v) is 6.09. The Hall–Kier alpha value is -1.16. The molecule has 1 aromatic rings. The molecule has 10 N–H and O–H groups in total. The molecule has 0 saturated carbocycles. The molecule has 0 aromatic carbocycles. The van der Waals surface area contributed by atoms with Crippen molar-refractivity contribution in [3.05, 3.63) is 22.2 Å². The molecule has 5 unspecified atom stereocenters. The molecule has 1 aromatic heterocycles. The van der Waals surface area contributed by atoms with Gasteiger partial charge in [0.25, 0.3) is 0 Å². The molecule has 0 spiro atoms. The number of aliphatic hydroxyl groups excluding tert-OH is 1. The number of hydrogen-bond donors (Lipinski definition) is 9. The molecule has 212 valence electrons. The zero-order chi connectivity index (χ0) is 28.2. The first-order valence-electron chi connectivity index (χ1n) is 9.57. The predicted octanol–water partition coefficient (Wildman–Crippen LogP) is -2.04. The first kappa shape index (κ1) is 32.1. The second-order valence-electron chi connectivity index (χ2n) is 7.02. The Bertz CT molecular complexity index is 1230. The van der Waals surface area contributed by atoms with Gasteiger partial charge in [-0.05, 0) is 0 Å². The van der Waals surface area contributed by atoms with Gasteiger partial charge >= 0.3 is 160 Å². The molecule has 0 radical (unpaired) electrons. The Morgan fingerprint density at radius 3 is 2.41 bits per heavy atom. The van der Waals surface area contributed by atoms with Crippen molar-refractivity contribution in [3.8, 4) is 11.8 Å². The SMILES string of the molecule is Nc1nc(=O)n(C2CC(O)C(COP(=O)(O)OP(=O)(O)OP(=O)(O)O)O2)cc1C#CCCO[PH](O)(O)O. The van der Waals surface area contributed by atoms with Crippen molar-refractivity contribution in [1.82, 2.24) is 9.55 Å². The van der Waals surface area contributed by atoms with E-state index in [-0.39, 0.29) is 30.8 Å². The van der Waals surface area contributed by atoms with Crippen molar-refractivity contribution in [1.29, 1.82) is 0 Å². The van der Waals surface area contributed by atoms with Crippen LogP contribution in [0.3, 0.4) is 0 Å². The predicted molar refractivity (Wildman–Crippen MR) is 120 cm³/mol. The number of anilines is 1. The third-order valence-electron chi connectivity index (χ3n) is 4.06. The van der Waals surface area contributed by atoms with Crippen LogP contribution in [0.2, 0.25) is 0 Å². The monoisotopic (exact) mass is 617 g/mol. The van der Waals surface area contributed by atoms with Gasteiger partial charge in [0, 0.05) is 0 Å². The fraction of sp³-hybridized carbons (Fsp3) is 0.538. The molecule has 1 saturated heterocycles. The maximum atomic E-state index is 12.3. The molecular formula is C13H23N3O17P4. The Morgan fingerprint density at radius 2 is 1.81 bits per heavy atom. The summed E-state index contributed by atoms with van der Waals surface area (Å²) in [7, 11) is -21.5. The number of rotatable bonds is 11. The van der Waals surface area contributed by atoms with E-state index in [0.29, 0.717) is 0 Å². The summed E-state index contributed by atoms with van der Waals surface area (Å²) in [5, 5.41) is 10.2. The van der Waals surface area contributed by atoms with Crippen molar-refractivity contribution < 1.29 is 75.5 Å². The number of phosphoric acid groups is 3. The summed E-state index contributed by atoms with van der Waals surface area (Å²) in [6.45, 7) is -1.28. The van der Waals surface area contributed by atoms with Gasteiger partial charge in [0.15, 0.2) is 0 Å². The average Bonchev–Trinajstić information content (AvgIpc) is 3.04. The van der Waals surface area contributed by atoms with Gasteiger partial charge in [-0.15, -0.1) is 0 Å². The molecule has 1 fully saturated rings. The van der Waals surface area contributed by atoms with E-state index in [4.69, 9.17) is 39.8 Å². The molecule has 37 heavy (non-hydrogen) atoms. The average molecular weight is 617 g/mol. The normalized spacial score (nSPS) is 24.1. The number of nitrogens with two attached hydrogens (primary N) is 1. The Kier molecular flexibility index (Phi) is 10.7. The number of phosphoric ester groups is 1. The molecule has 2 rings (SSSR count). The topological polar surface area (TPSA) is 320 Å². The molecular weight excluding hydrogens is 594 g/mol. The van der Waals surface area contributed by atoms with Crippen molar-refractivity contribution in [2.45, 2.75) is 31.3 Å². The molecule has 5 atom stereocenters. The number of aliphatic hydroxyl groups is 1. The molecule has 1 aliphatic rings. The van der Waals surface area contributed by atoms with E-state index in [0.717, 1.165) is 10.8 Å². The second-order valence-corrected chi connectivity index (χ2v) is 12.9. The van der Waals surface area contributed by atoms with E-state index in [2.05, 4.69) is 34.5 Å². The molecule has 1 aliphatic heterocycles. The zero-order valence-electron chi connectivity index (χ0n) is 18.2. The molecule has 2 heterocycles. The van der Waals surface area contributed by atoms with Crippen LogP contribution in [0.1, 0.15) is 24.6 Å². The van der Waals surface area contributed by atoms with Crippen LogP contribution in [0.4, 0.5) is 5.82 Å². The first-order chi connectivity index (χ1) is 16.8. The van der Waals surface area contributed by atoms with Crippen LogP contribution < -0.4 is 11.4 Å². The summed E-state index contributed by atoms with van der Waals surface area (Å²) in [5.41, 5.74) is 4.76. The van der Waals surface area contributed by atoms with Crippen molar-refractivity contribution in [2.24, 2.45) is 0 Å². The van der Waals surface area contributed by atoms with Crippen molar-refractivity contribution >= 4 is 37.5 Å². The van der Waals surface area contributed by atoms with E-state index in [1.165, 1.54) is 0 Å². The van der Waals surface area contributed by atoms with Gasteiger partial charge in [0.1, 0.15) is 0 Å². The Morgan fingerprint density at radius 1 is 1.16 bits per heavy atom. The van der Waals surface area contributed by atoms with Crippen LogP contribution in [0.5, 0.6) is 0 Å². The van der Waals surface area contributed by atoms with E-state index >= 15 is 0 Å². The van der Waals surface area contributed by atoms with Crippen LogP contribution in [0, 0.1) is 11.8 Å². The maximum absolute atomic E-state index is 12.3. The Labute approximate surface area is 207 Å². The van der Waals surface area contributed by atoms with Gasteiger partial charge in [0.2, 0.25) is 0 Å². The standard InChI is InChI=1S/C13H23N3O17P4/c14-12-8(3-1-2-4-29-34(19,20)21)6-16(13(18)15-12)11-5-9(17)10(31-11)7-30-36(25,26)33-37(27,28)32-35(22,23)24/h6,9-11,17,19-21,34H,2,4-5,7H2,(H,25,26)(H,27,28)(H2,14,15,18)(H2,22,23,24). The summed E-state index contributed by atoms with van der Waals surface area (Å²) in [6.07, 6.45) is -3.23. The molecule has 20 nitrogen and oxygen atoms in total. The number of nitrogen functional groups attached to an aromatic ring is 1. The first-order valence-corrected chi connectivity index (χ1v) is 15.8. The molecule has 0 amide bonds. The summed E-state index contributed by atoms with van der Waals surface area (Å²) in [6, 6.07) is 0. The second kappa shape index (κ2) is 12.3. The summed E-state index contributed by atoms with van der Waals surface area (Å²) < 4.78 is 56.1. The number of hydrogen-bond acceptors (Lipinski definition) is 15. The van der Waals surface area contributed by atoms with Gasteiger partial charge in [0.05, 0.1) is 0 Å². The zero-order valence-corrected chi connectivity index (χ0v) is 21.9. The van der Waals surface area contributed by atoms with Crippen LogP contribution in [-0.2, 0) is 36.1 Å². The molecule has 0 bridgehead atoms. The van der Waals surface area contributed by atoms with Crippen LogP contribution in [0.15, 0.2) is 11.0 Å². The number of nitrogens with zero attached hydrogens (tertiary/aromatic N) is 2. The fourth-order valence-electron chi connectivity index (χ4n) is 2.69. The van der Waals surface area contributed by atoms with Crippen molar-refractivity contribution in [3.63, 3.8) is 0 Å². The third-order valence-corrected chi connectivity index (χ3v) is 8.45. The Balaban J connectivity index is 2.05. The van der Waals surface area contributed by atoms with E-state index in [1.54, 1.807) is 0 Å².